The number of nitrogens with zero attached hydrogens (tertiary/aromatic N) is 1. The van der Waals surface area contributed by atoms with E-state index in [1.807, 2.05) is 26.0 Å². The van der Waals surface area contributed by atoms with E-state index >= 15 is 0 Å². The van der Waals surface area contributed by atoms with Gasteiger partial charge in [0.1, 0.15) is 5.75 Å². The van der Waals surface area contributed by atoms with Crippen molar-refractivity contribution in [3.63, 3.8) is 0 Å². The lowest BCUT2D eigenvalue weighted by Gasteiger charge is -2.47. The second-order valence-electron chi connectivity index (χ2n) is 7.05. The molecule has 0 unspecified atom stereocenters. The number of amides is 2. The number of carbonyl (C=O) groups is 2. The molecule has 0 aromatic heterocycles. The average Bonchev–Trinajstić information content (AvgIpc) is 2.65. The Morgan fingerprint density at radius 3 is 2.41 bits per heavy atom. The molecule has 1 saturated carbocycles. The van der Waals surface area contributed by atoms with Crippen LogP contribution in [0, 0.1) is 16.7 Å². The summed E-state index contributed by atoms with van der Waals surface area (Å²) in [4.78, 5) is 27.2. The van der Waals surface area contributed by atoms with Crippen molar-refractivity contribution < 1.29 is 14.3 Å². The zero-order valence-electron chi connectivity index (χ0n) is 13.7. The van der Waals surface area contributed by atoms with E-state index in [1.165, 1.54) is 4.90 Å². The van der Waals surface area contributed by atoms with Gasteiger partial charge in [-0.3, -0.25) is 9.59 Å². The van der Waals surface area contributed by atoms with Crippen LogP contribution in [0.1, 0.15) is 40.5 Å². The van der Waals surface area contributed by atoms with Crippen molar-refractivity contribution in [1.82, 2.24) is 0 Å². The largest absolute Gasteiger partial charge is 0.494 e. The fourth-order valence-electron chi connectivity index (χ4n) is 3.92. The molecule has 2 amide bonds. The predicted molar refractivity (Wildman–Crippen MR) is 84.7 cm³/mol. The van der Waals surface area contributed by atoms with Gasteiger partial charge in [-0.1, -0.05) is 20.8 Å². The minimum absolute atomic E-state index is 0.0610. The monoisotopic (exact) mass is 301 g/mol. The molecule has 2 aliphatic rings. The van der Waals surface area contributed by atoms with Gasteiger partial charge in [0.15, 0.2) is 0 Å². The summed E-state index contributed by atoms with van der Waals surface area (Å²) in [6.07, 6.45) is 1.57. The molecule has 0 spiro atoms. The lowest BCUT2D eigenvalue weighted by molar-refractivity contribution is -0.146. The van der Waals surface area contributed by atoms with E-state index in [1.54, 1.807) is 12.1 Å². The maximum absolute atomic E-state index is 13.0. The Morgan fingerprint density at radius 1 is 1.18 bits per heavy atom. The van der Waals surface area contributed by atoms with Crippen LogP contribution in [0.4, 0.5) is 5.69 Å². The van der Waals surface area contributed by atoms with E-state index in [0.717, 1.165) is 18.6 Å². The first kappa shape index (κ1) is 15.1. The van der Waals surface area contributed by atoms with E-state index in [9.17, 15) is 9.59 Å². The van der Waals surface area contributed by atoms with Gasteiger partial charge in [-0.15, -0.1) is 0 Å². The van der Waals surface area contributed by atoms with Crippen molar-refractivity contribution in [3.8, 4) is 5.75 Å². The van der Waals surface area contributed by atoms with Crippen molar-refractivity contribution in [2.45, 2.75) is 40.5 Å². The van der Waals surface area contributed by atoms with Crippen LogP contribution in [0.25, 0.3) is 0 Å². The van der Waals surface area contributed by atoms with Gasteiger partial charge in [-0.05, 0) is 49.4 Å². The summed E-state index contributed by atoms with van der Waals surface area (Å²) in [6, 6.07) is 7.20. The van der Waals surface area contributed by atoms with Gasteiger partial charge >= 0.3 is 0 Å². The Kier molecular flexibility index (Phi) is 3.31. The topological polar surface area (TPSA) is 46.6 Å². The lowest BCUT2D eigenvalue weighted by Crippen LogP contribution is -2.59. The standard InChI is InChI=1S/C18H23NO3/c1-5-22-13-8-6-12(7-9-13)19-15(20)14-10-11-18(4,16(19)21)17(14,2)3/h6-9,14H,5,10-11H2,1-4H3/t14-,18-/m0/s1. The van der Waals surface area contributed by atoms with E-state index in [0.29, 0.717) is 12.3 Å². The zero-order valence-corrected chi connectivity index (χ0v) is 13.7. The van der Waals surface area contributed by atoms with Gasteiger partial charge in [0, 0.05) is 5.92 Å². The third-order valence-corrected chi connectivity index (χ3v) is 5.83. The maximum atomic E-state index is 13.0. The van der Waals surface area contributed by atoms with E-state index in [2.05, 4.69) is 13.8 Å². The van der Waals surface area contributed by atoms with Crippen LogP contribution in [0.5, 0.6) is 5.75 Å². The highest BCUT2D eigenvalue weighted by Gasteiger charge is 2.64. The van der Waals surface area contributed by atoms with E-state index in [-0.39, 0.29) is 23.1 Å². The summed E-state index contributed by atoms with van der Waals surface area (Å²) >= 11 is 0. The molecular weight excluding hydrogens is 278 g/mol. The van der Waals surface area contributed by atoms with Crippen LogP contribution in [-0.4, -0.2) is 18.4 Å². The number of anilines is 1. The summed E-state index contributed by atoms with van der Waals surface area (Å²) in [5.74, 6) is 0.536. The summed E-state index contributed by atoms with van der Waals surface area (Å²) in [6.45, 7) is 8.62. The molecule has 4 nitrogen and oxygen atoms in total. The molecule has 1 aliphatic carbocycles. The van der Waals surface area contributed by atoms with Crippen molar-refractivity contribution in [2.24, 2.45) is 16.7 Å². The summed E-state index contributed by atoms with van der Waals surface area (Å²) in [5.41, 5.74) is -0.0975. The first-order chi connectivity index (χ1) is 10.3. The van der Waals surface area contributed by atoms with Gasteiger partial charge in [-0.25, -0.2) is 4.90 Å². The molecule has 2 atom stereocenters. The Balaban J connectivity index is 1.98. The number of fused-ring (bicyclic) bond motifs is 2. The fourth-order valence-corrected chi connectivity index (χ4v) is 3.92. The predicted octanol–water partition coefficient (Wildman–Crippen LogP) is 3.40. The van der Waals surface area contributed by atoms with Crippen LogP contribution in [0.15, 0.2) is 24.3 Å². The molecule has 0 radical (unpaired) electrons. The maximum Gasteiger partial charge on any atom is 0.240 e. The molecule has 2 bridgehead atoms. The van der Waals surface area contributed by atoms with Gasteiger partial charge < -0.3 is 4.74 Å². The normalized spacial score (nSPS) is 29.8. The van der Waals surface area contributed by atoms with Crippen molar-refractivity contribution in [3.05, 3.63) is 24.3 Å². The minimum Gasteiger partial charge on any atom is -0.494 e. The van der Waals surface area contributed by atoms with Crippen LogP contribution in [-0.2, 0) is 9.59 Å². The molecule has 1 aliphatic heterocycles. The molecular formula is C18H23NO3. The Labute approximate surface area is 131 Å². The van der Waals surface area contributed by atoms with Crippen LogP contribution in [0.2, 0.25) is 0 Å². The number of carbonyl (C=O) groups excluding carboxylic acids is 2. The molecule has 4 heteroatoms. The second kappa shape index (κ2) is 4.83. The van der Waals surface area contributed by atoms with Crippen LogP contribution in [0.3, 0.4) is 0 Å². The van der Waals surface area contributed by atoms with Crippen molar-refractivity contribution in [1.29, 1.82) is 0 Å². The molecule has 3 rings (SSSR count). The number of piperidine rings is 1. The third-order valence-electron chi connectivity index (χ3n) is 5.83. The number of hydrogen-bond acceptors (Lipinski definition) is 3. The second-order valence-corrected chi connectivity index (χ2v) is 7.05. The molecule has 0 N–H and O–H groups in total. The molecule has 2 fully saturated rings. The van der Waals surface area contributed by atoms with Crippen LogP contribution < -0.4 is 9.64 Å². The lowest BCUT2D eigenvalue weighted by atomic mass is 9.62. The third kappa shape index (κ3) is 1.82. The van der Waals surface area contributed by atoms with Gasteiger partial charge in [-0.2, -0.15) is 0 Å². The van der Waals surface area contributed by atoms with Crippen molar-refractivity contribution in [2.75, 3.05) is 11.5 Å². The first-order valence-electron chi connectivity index (χ1n) is 7.94. The number of ether oxygens (including phenoxy) is 1. The highest BCUT2D eigenvalue weighted by molar-refractivity contribution is 6.20. The van der Waals surface area contributed by atoms with Crippen molar-refractivity contribution >= 4 is 17.5 Å². The zero-order chi connectivity index (χ0) is 16.1. The highest BCUT2D eigenvalue weighted by Crippen LogP contribution is 2.60. The number of rotatable bonds is 3. The Bertz CT molecular complexity index is 620. The fraction of sp³-hybridized carbons (Fsp3) is 0.556. The molecule has 1 aromatic carbocycles. The summed E-state index contributed by atoms with van der Waals surface area (Å²) in [7, 11) is 0. The van der Waals surface area contributed by atoms with Gasteiger partial charge in [0.25, 0.3) is 0 Å². The van der Waals surface area contributed by atoms with Gasteiger partial charge in [0.2, 0.25) is 11.8 Å². The van der Waals surface area contributed by atoms with Gasteiger partial charge in [0.05, 0.1) is 17.7 Å². The highest BCUT2D eigenvalue weighted by atomic mass is 16.5. The van der Waals surface area contributed by atoms with Crippen LogP contribution >= 0.6 is 0 Å². The summed E-state index contributed by atoms with van der Waals surface area (Å²) < 4.78 is 5.42. The Hall–Kier alpha value is -1.84. The minimum atomic E-state index is -0.468. The molecule has 118 valence electrons. The molecule has 1 heterocycles. The SMILES string of the molecule is CCOc1ccc(N2C(=O)[C@@H]3CC[C@@](C)(C2=O)C3(C)C)cc1. The Morgan fingerprint density at radius 2 is 1.82 bits per heavy atom. The quantitative estimate of drug-likeness (QED) is 0.804. The molecule has 1 aromatic rings. The number of imide groups is 1. The number of benzene rings is 1. The molecule has 22 heavy (non-hydrogen) atoms. The first-order valence-corrected chi connectivity index (χ1v) is 7.94. The smallest absolute Gasteiger partial charge is 0.240 e. The van der Waals surface area contributed by atoms with E-state index < -0.39 is 5.41 Å². The van der Waals surface area contributed by atoms with E-state index in [4.69, 9.17) is 4.74 Å². The average molecular weight is 301 g/mol. The summed E-state index contributed by atoms with van der Waals surface area (Å²) in [5, 5.41) is 0. The number of hydrogen-bond donors (Lipinski definition) is 0. The molecule has 1 saturated heterocycles.